The van der Waals surface area contributed by atoms with Crippen LogP contribution in [0.25, 0.3) is 0 Å². The molecule has 0 aliphatic heterocycles. The number of rotatable bonds is 5. The van der Waals surface area contributed by atoms with Crippen LogP contribution in [-0.4, -0.2) is 21.4 Å². The zero-order valence-corrected chi connectivity index (χ0v) is 12.7. The van der Waals surface area contributed by atoms with Gasteiger partial charge in [0.1, 0.15) is 11.3 Å². The van der Waals surface area contributed by atoms with Crippen molar-refractivity contribution >= 4 is 29.0 Å². The fourth-order valence-corrected chi connectivity index (χ4v) is 3.22. The van der Waals surface area contributed by atoms with Gasteiger partial charge >= 0.3 is 0 Å². The van der Waals surface area contributed by atoms with Gasteiger partial charge < -0.3 is 5.32 Å². The summed E-state index contributed by atoms with van der Waals surface area (Å²) in [5.74, 6) is -0.366. The van der Waals surface area contributed by atoms with Crippen LogP contribution >= 0.6 is 23.1 Å². The monoisotopic (exact) mass is 311 g/mol. The molecule has 0 saturated carbocycles. The second-order valence-electron chi connectivity index (χ2n) is 4.25. The van der Waals surface area contributed by atoms with E-state index in [1.54, 1.807) is 17.6 Å². The second-order valence-corrected chi connectivity index (χ2v) is 6.67. The summed E-state index contributed by atoms with van der Waals surface area (Å²) in [6.07, 6.45) is 0. The minimum absolute atomic E-state index is 0.0815. The molecule has 1 aromatic heterocycles. The average Bonchev–Trinajstić information content (AvgIpc) is 2.92. The highest BCUT2D eigenvalue weighted by molar-refractivity contribution is 8.02. The third-order valence-electron chi connectivity index (χ3n) is 2.72. The van der Waals surface area contributed by atoms with Crippen molar-refractivity contribution < 1.29 is 9.18 Å². The van der Waals surface area contributed by atoms with E-state index in [1.165, 1.54) is 35.2 Å². The van der Waals surface area contributed by atoms with Crippen LogP contribution in [0.4, 0.5) is 4.39 Å². The van der Waals surface area contributed by atoms with E-state index in [4.69, 9.17) is 0 Å². The SMILES string of the molecule is CC(Sc1nncs1)C(=O)NC(C)c1ccc(F)cc1. The first-order valence-electron chi connectivity index (χ1n) is 6.05. The summed E-state index contributed by atoms with van der Waals surface area (Å²) in [5, 5.41) is 10.3. The molecule has 0 aliphatic rings. The first kappa shape index (κ1) is 14.9. The molecule has 0 aliphatic carbocycles. The number of benzene rings is 1. The molecule has 0 spiro atoms. The molecule has 2 atom stereocenters. The minimum Gasteiger partial charge on any atom is -0.349 e. The molecule has 2 unspecified atom stereocenters. The summed E-state index contributed by atoms with van der Waals surface area (Å²) < 4.78 is 13.6. The van der Waals surface area contributed by atoms with Gasteiger partial charge in [0.2, 0.25) is 5.91 Å². The van der Waals surface area contributed by atoms with Gasteiger partial charge in [-0.1, -0.05) is 35.2 Å². The lowest BCUT2D eigenvalue weighted by atomic mass is 10.1. The highest BCUT2D eigenvalue weighted by Crippen LogP contribution is 2.24. The molecule has 2 aromatic rings. The molecule has 1 aromatic carbocycles. The number of nitrogens with zero attached hydrogens (tertiary/aromatic N) is 2. The smallest absolute Gasteiger partial charge is 0.233 e. The van der Waals surface area contributed by atoms with Crippen LogP contribution in [0.5, 0.6) is 0 Å². The van der Waals surface area contributed by atoms with Crippen LogP contribution in [0.2, 0.25) is 0 Å². The van der Waals surface area contributed by atoms with Crippen molar-refractivity contribution in [3.8, 4) is 0 Å². The number of carbonyl (C=O) groups excluding carboxylic acids is 1. The van der Waals surface area contributed by atoms with E-state index in [1.807, 2.05) is 13.8 Å². The number of nitrogens with one attached hydrogen (secondary N) is 1. The Morgan fingerprint density at radius 1 is 1.35 bits per heavy atom. The van der Waals surface area contributed by atoms with Gasteiger partial charge in [0.05, 0.1) is 11.3 Å². The normalized spacial score (nSPS) is 13.8. The van der Waals surface area contributed by atoms with Crippen molar-refractivity contribution in [1.29, 1.82) is 0 Å². The van der Waals surface area contributed by atoms with Crippen molar-refractivity contribution in [2.75, 3.05) is 0 Å². The third-order valence-corrected chi connectivity index (χ3v) is 4.63. The number of amides is 1. The molecule has 4 nitrogen and oxygen atoms in total. The predicted molar refractivity (Wildman–Crippen MR) is 78.2 cm³/mol. The first-order chi connectivity index (χ1) is 9.56. The standard InChI is InChI=1S/C13H14FN3OS2/c1-8(10-3-5-11(14)6-4-10)16-12(18)9(2)20-13-17-15-7-19-13/h3-9H,1-2H3,(H,16,18). The summed E-state index contributed by atoms with van der Waals surface area (Å²) in [5.41, 5.74) is 2.50. The number of thioether (sulfide) groups is 1. The van der Waals surface area contributed by atoms with Gasteiger partial charge in [0.25, 0.3) is 0 Å². The van der Waals surface area contributed by atoms with Crippen molar-refractivity contribution in [2.24, 2.45) is 0 Å². The highest BCUT2D eigenvalue weighted by Gasteiger charge is 2.18. The molecule has 7 heteroatoms. The topological polar surface area (TPSA) is 54.9 Å². The largest absolute Gasteiger partial charge is 0.349 e. The molecule has 0 fully saturated rings. The summed E-state index contributed by atoms with van der Waals surface area (Å²) >= 11 is 2.78. The van der Waals surface area contributed by atoms with E-state index in [-0.39, 0.29) is 23.0 Å². The zero-order valence-electron chi connectivity index (χ0n) is 11.0. The average molecular weight is 311 g/mol. The number of hydrogen-bond donors (Lipinski definition) is 1. The Bertz CT molecular complexity index is 560. The van der Waals surface area contributed by atoms with Crippen molar-refractivity contribution in [1.82, 2.24) is 15.5 Å². The van der Waals surface area contributed by atoms with Crippen LogP contribution in [0, 0.1) is 5.82 Å². The van der Waals surface area contributed by atoms with E-state index in [0.717, 1.165) is 9.90 Å². The van der Waals surface area contributed by atoms with E-state index in [2.05, 4.69) is 15.5 Å². The van der Waals surface area contributed by atoms with Crippen LogP contribution in [0.15, 0.2) is 34.1 Å². The van der Waals surface area contributed by atoms with Gasteiger partial charge in [0, 0.05) is 0 Å². The van der Waals surface area contributed by atoms with Gasteiger partial charge in [-0.2, -0.15) is 0 Å². The third kappa shape index (κ3) is 4.01. The van der Waals surface area contributed by atoms with Gasteiger partial charge in [-0.05, 0) is 31.5 Å². The summed E-state index contributed by atoms with van der Waals surface area (Å²) in [6.45, 7) is 3.69. The summed E-state index contributed by atoms with van der Waals surface area (Å²) in [4.78, 5) is 12.1. The van der Waals surface area contributed by atoms with Crippen LogP contribution < -0.4 is 5.32 Å². The Kier molecular flexibility index (Phi) is 5.08. The molecular formula is C13H14FN3OS2. The zero-order chi connectivity index (χ0) is 14.5. The predicted octanol–water partition coefficient (Wildman–Crippen LogP) is 3.04. The molecule has 1 amide bonds. The van der Waals surface area contributed by atoms with E-state index in [0.29, 0.717) is 0 Å². The highest BCUT2D eigenvalue weighted by atomic mass is 32.2. The number of aromatic nitrogens is 2. The maximum atomic E-state index is 12.9. The lowest BCUT2D eigenvalue weighted by molar-refractivity contribution is -0.120. The maximum Gasteiger partial charge on any atom is 0.233 e. The number of hydrogen-bond acceptors (Lipinski definition) is 5. The van der Waals surface area contributed by atoms with Crippen LogP contribution in [0.1, 0.15) is 25.5 Å². The van der Waals surface area contributed by atoms with Crippen molar-refractivity contribution in [3.05, 3.63) is 41.2 Å². The van der Waals surface area contributed by atoms with Crippen LogP contribution in [0.3, 0.4) is 0 Å². The molecular weight excluding hydrogens is 297 g/mol. The Morgan fingerprint density at radius 3 is 2.65 bits per heavy atom. The summed E-state index contributed by atoms with van der Waals surface area (Å²) in [6, 6.07) is 5.95. The molecule has 106 valence electrons. The molecule has 20 heavy (non-hydrogen) atoms. The summed E-state index contributed by atoms with van der Waals surface area (Å²) in [7, 11) is 0. The Balaban J connectivity index is 1.91. The Labute approximate surface area is 124 Å². The number of carbonyl (C=O) groups is 1. The lowest BCUT2D eigenvalue weighted by Crippen LogP contribution is -2.33. The fraction of sp³-hybridized carbons (Fsp3) is 0.308. The van der Waals surface area contributed by atoms with E-state index in [9.17, 15) is 9.18 Å². The Hall–Kier alpha value is -1.47. The quantitative estimate of drug-likeness (QED) is 0.862. The molecule has 0 radical (unpaired) electrons. The van der Waals surface area contributed by atoms with Crippen LogP contribution in [-0.2, 0) is 4.79 Å². The van der Waals surface area contributed by atoms with Gasteiger partial charge in [-0.15, -0.1) is 10.2 Å². The first-order valence-corrected chi connectivity index (χ1v) is 7.81. The molecule has 0 bridgehead atoms. The Morgan fingerprint density at radius 2 is 2.05 bits per heavy atom. The van der Waals surface area contributed by atoms with Gasteiger partial charge in [0.15, 0.2) is 4.34 Å². The molecule has 1 N–H and O–H groups in total. The minimum atomic E-state index is -0.285. The van der Waals surface area contributed by atoms with Gasteiger partial charge in [-0.25, -0.2) is 4.39 Å². The molecule has 2 rings (SSSR count). The maximum absolute atomic E-state index is 12.9. The molecule has 0 saturated heterocycles. The fourth-order valence-electron chi connectivity index (χ4n) is 1.58. The number of halogens is 1. The van der Waals surface area contributed by atoms with E-state index < -0.39 is 0 Å². The molecule has 1 heterocycles. The van der Waals surface area contributed by atoms with Gasteiger partial charge in [-0.3, -0.25) is 4.79 Å². The lowest BCUT2D eigenvalue weighted by Gasteiger charge is -2.17. The van der Waals surface area contributed by atoms with E-state index >= 15 is 0 Å². The second kappa shape index (κ2) is 6.81. The van der Waals surface area contributed by atoms with Crippen molar-refractivity contribution in [3.63, 3.8) is 0 Å². The van der Waals surface area contributed by atoms with Crippen molar-refractivity contribution in [2.45, 2.75) is 29.5 Å².